The lowest BCUT2D eigenvalue weighted by Gasteiger charge is -2.12. The first-order valence-electron chi connectivity index (χ1n) is 11.3. The Morgan fingerprint density at radius 2 is 1.94 bits per heavy atom. The molecule has 34 heavy (non-hydrogen) atoms. The van der Waals surface area contributed by atoms with Gasteiger partial charge >= 0.3 is 0 Å². The molecule has 0 radical (unpaired) electrons. The van der Waals surface area contributed by atoms with E-state index >= 15 is 0 Å². The lowest BCUT2D eigenvalue weighted by atomic mass is 10.0. The Hall–Kier alpha value is -3.10. The Morgan fingerprint density at radius 1 is 1.15 bits per heavy atom. The van der Waals surface area contributed by atoms with E-state index in [4.69, 9.17) is 9.72 Å². The zero-order valence-electron chi connectivity index (χ0n) is 18.9. The summed E-state index contributed by atoms with van der Waals surface area (Å²) in [7, 11) is 0. The Bertz CT molecular complexity index is 1390. The summed E-state index contributed by atoms with van der Waals surface area (Å²) in [6.07, 6.45) is 4.29. The highest BCUT2D eigenvalue weighted by Gasteiger charge is 2.18. The highest BCUT2D eigenvalue weighted by atomic mass is 32.2. The Balaban J connectivity index is 1.26. The second-order valence-corrected chi connectivity index (χ2v) is 10.4. The molecule has 0 aliphatic heterocycles. The van der Waals surface area contributed by atoms with E-state index in [9.17, 15) is 9.59 Å². The van der Waals surface area contributed by atoms with Crippen molar-refractivity contribution in [3.63, 3.8) is 0 Å². The van der Waals surface area contributed by atoms with Crippen molar-refractivity contribution in [3.05, 3.63) is 86.8 Å². The first-order chi connectivity index (χ1) is 16.6. The van der Waals surface area contributed by atoms with Crippen LogP contribution in [0.3, 0.4) is 0 Å². The number of fused-ring (bicyclic) bond motifs is 3. The third kappa shape index (κ3) is 5.03. The van der Waals surface area contributed by atoms with Gasteiger partial charge in [-0.3, -0.25) is 14.0 Å². The molecule has 1 amide bonds. The molecule has 1 aliphatic rings. The summed E-state index contributed by atoms with van der Waals surface area (Å²) in [4.78, 5) is 33.0. The third-order valence-corrected chi connectivity index (χ3v) is 7.99. The number of nitrogens with zero attached hydrogens (tertiary/aromatic N) is 2. The molecule has 8 heteroatoms. The second-order valence-electron chi connectivity index (χ2n) is 8.32. The Labute approximate surface area is 206 Å². The summed E-state index contributed by atoms with van der Waals surface area (Å²) in [5.74, 6) is 0.975. The largest absolute Gasteiger partial charge is 0.484 e. The van der Waals surface area contributed by atoms with Gasteiger partial charge in [-0.25, -0.2) is 4.98 Å². The van der Waals surface area contributed by atoms with Crippen molar-refractivity contribution in [2.75, 3.05) is 11.9 Å². The van der Waals surface area contributed by atoms with Crippen LogP contribution in [-0.4, -0.2) is 21.9 Å². The van der Waals surface area contributed by atoms with Gasteiger partial charge in [-0.1, -0.05) is 29.8 Å². The Morgan fingerprint density at radius 3 is 2.79 bits per heavy atom. The summed E-state index contributed by atoms with van der Waals surface area (Å²) >= 11 is 3.19. The maximum atomic E-state index is 12.8. The molecule has 0 saturated carbocycles. The smallest absolute Gasteiger partial charge is 0.262 e. The molecular formula is C26H25N3O3S2. The van der Waals surface area contributed by atoms with Crippen LogP contribution in [0, 0.1) is 6.92 Å². The average molecular weight is 492 g/mol. The van der Waals surface area contributed by atoms with E-state index < -0.39 is 0 Å². The molecule has 2 aromatic carbocycles. The number of carbonyl (C=O) groups is 1. The van der Waals surface area contributed by atoms with Crippen molar-refractivity contribution in [1.82, 2.24) is 9.38 Å². The monoisotopic (exact) mass is 491 g/mol. The SMILES string of the molecule is Cc1ccc(OCC(=O)Nc2ccccc2SCc2cc(=O)n3c4c(sc3n2)CCCC4)cc1. The summed E-state index contributed by atoms with van der Waals surface area (Å²) in [6.45, 7) is 1.93. The van der Waals surface area contributed by atoms with Gasteiger partial charge in [0.05, 0.1) is 11.4 Å². The van der Waals surface area contributed by atoms with Crippen molar-refractivity contribution in [1.29, 1.82) is 0 Å². The summed E-state index contributed by atoms with van der Waals surface area (Å²) in [6, 6.07) is 16.9. The van der Waals surface area contributed by atoms with Crippen LogP contribution in [0.25, 0.3) is 4.96 Å². The zero-order valence-corrected chi connectivity index (χ0v) is 20.5. The number of aromatic nitrogens is 2. The molecular weight excluding hydrogens is 466 g/mol. The number of benzene rings is 2. The lowest BCUT2D eigenvalue weighted by molar-refractivity contribution is -0.118. The number of thioether (sulfide) groups is 1. The number of nitrogens with one attached hydrogen (secondary N) is 1. The van der Waals surface area contributed by atoms with Gasteiger partial charge in [0.25, 0.3) is 11.5 Å². The third-order valence-electron chi connectivity index (χ3n) is 5.74. The molecule has 1 N–H and O–H groups in total. The van der Waals surface area contributed by atoms with Gasteiger partial charge in [-0.05, 0) is 56.9 Å². The summed E-state index contributed by atoms with van der Waals surface area (Å²) in [5, 5.41) is 2.93. The van der Waals surface area contributed by atoms with Crippen molar-refractivity contribution < 1.29 is 9.53 Å². The normalized spacial score (nSPS) is 13.0. The molecule has 174 valence electrons. The number of thiazole rings is 1. The van der Waals surface area contributed by atoms with E-state index in [0.29, 0.717) is 11.5 Å². The molecule has 0 bridgehead atoms. The van der Waals surface area contributed by atoms with Gasteiger partial charge in [-0.15, -0.1) is 23.1 Å². The van der Waals surface area contributed by atoms with E-state index in [1.54, 1.807) is 33.6 Å². The summed E-state index contributed by atoms with van der Waals surface area (Å²) in [5.41, 5.74) is 3.74. The van der Waals surface area contributed by atoms with Gasteiger partial charge in [0.15, 0.2) is 11.6 Å². The van der Waals surface area contributed by atoms with Gasteiger partial charge in [0.2, 0.25) is 0 Å². The minimum Gasteiger partial charge on any atom is -0.484 e. The standard InChI is InChI=1S/C26H25N3O3S2/c1-17-10-12-19(13-11-17)32-15-24(30)28-20-6-2-4-8-22(20)33-16-18-14-25(31)29-21-7-3-5-9-23(21)34-26(29)27-18/h2,4,6,8,10-14H,3,5,7,9,15-16H2,1H3,(H,28,30). The minimum atomic E-state index is -0.226. The van der Waals surface area contributed by atoms with Crippen molar-refractivity contribution in [2.24, 2.45) is 0 Å². The number of aryl methyl sites for hydroxylation is 3. The quantitative estimate of drug-likeness (QED) is 0.357. The fourth-order valence-electron chi connectivity index (χ4n) is 4.03. The van der Waals surface area contributed by atoms with Crippen LogP contribution < -0.4 is 15.6 Å². The van der Waals surface area contributed by atoms with Crippen molar-refractivity contribution in [3.8, 4) is 5.75 Å². The number of para-hydroxylation sites is 1. The van der Waals surface area contributed by atoms with Crippen molar-refractivity contribution >= 4 is 39.7 Å². The minimum absolute atomic E-state index is 0.00478. The summed E-state index contributed by atoms with van der Waals surface area (Å²) < 4.78 is 7.38. The van der Waals surface area contributed by atoms with Gasteiger partial charge in [0.1, 0.15) is 5.75 Å². The van der Waals surface area contributed by atoms with E-state index in [-0.39, 0.29) is 18.1 Å². The maximum absolute atomic E-state index is 12.8. The molecule has 0 fully saturated rings. The van der Waals surface area contributed by atoms with E-state index in [0.717, 1.165) is 51.8 Å². The molecule has 0 spiro atoms. The molecule has 0 atom stereocenters. The number of rotatable bonds is 7. The second kappa shape index (κ2) is 10.0. The fourth-order valence-corrected chi connectivity index (χ4v) is 6.17. The first-order valence-corrected chi connectivity index (χ1v) is 13.1. The van der Waals surface area contributed by atoms with Crippen LogP contribution in [-0.2, 0) is 23.4 Å². The Kier molecular flexibility index (Phi) is 6.69. The first kappa shape index (κ1) is 22.7. The highest BCUT2D eigenvalue weighted by Crippen LogP contribution is 2.31. The van der Waals surface area contributed by atoms with Crippen molar-refractivity contribution in [2.45, 2.75) is 43.3 Å². The molecule has 4 aromatic rings. The average Bonchev–Trinajstić information content (AvgIpc) is 3.22. The molecule has 2 heterocycles. The van der Waals surface area contributed by atoms with Gasteiger partial charge < -0.3 is 10.1 Å². The van der Waals surface area contributed by atoms with Crippen LogP contribution >= 0.6 is 23.1 Å². The number of ether oxygens (including phenoxy) is 1. The molecule has 2 aromatic heterocycles. The number of hydrogen-bond donors (Lipinski definition) is 1. The van der Waals surface area contributed by atoms with Crippen LogP contribution in [0.15, 0.2) is 64.3 Å². The van der Waals surface area contributed by atoms with Crippen LogP contribution in [0.1, 0.15) is 34.7 Å². The van der Waals surface area contributed by atoms with E-state index in [1.165, 1.54) is 11.3 Å². The predicted molar refractivity (Wildman–Crippen MR) is 137 cm³/mol. The number of hydrogen-bond acceptors (Lipinski definition) is 6. The van der Waals surface area contributed by atoms with Gasteiger partial charge in [-0.2, -0.15) is 0 Å². The van der Waals surface area contributed by atoms with Gasteiger partial charge in [0, 0.05) is 27.3 Å². The number of carbonyl (C=O) groups excluding carboxylic acids is 1. The molecule has 5 rings (SSSR count). The van der Waals surface area contributed by atoms with E-state index in [2.05, 4.69) is 5.32 Å². The lowest BCUT2D eigenvalue weighted by Crippen LogP contribution is -2.20. The van der Waals surface area contributed by atoms with Crippen LogP contribution in [0.4, 0.5) is 5.69 Å². The fraction of sp³-hybridized carbons (Fsp3) is 0.269. The van der Waals surface area contributed by atoms with Crippen LogP contribution in [0.2, 0.25) is 0 Å². The van der Waals surface area contributed by atoms with Crippen LogP contribution in [0.5, 0.6) is 5.75 Å². The maximum Gasteiger partial charge on any atom is 0.262 e. The predicted octanol–water partition coefficient (Wildman–Crippen LogP) is 5.25. The molecule has 0 unspecified atom stereocenters. The van der Waals surface area contributed by atoms with E-state index in [1.807, 2.05) is 55.5 Å². The number of amides is 1. The zero-order chi connectivity index (χ0) is 23.5. The topological polar surface area (TPSA) is 72.7 Å². The molecule has 0 saturated heterocycles. The molecule has 6 nitrogen and oxygen atoms in total. The highest BCUT2D eigenvalue weighted by molar-refractivity contribution is 7.98. The number of anilines is 1. The molecule has 1 aliphatic carbocycles.